The number of aliphatic hydroxyl groups is 2. The van der Waals surface area contributed by atoms with E-state index in [0.29, 0.717) is 25.0 Å². The second kappa shape index (κ2) is 6.41. The lowest BCUT2D eigenvalue weighted by Gasteiger charge is -2.42. The third kappa shape index (κ3) is 3.30. The standard InChI is InChI=1S/C18H19ClF3NO5S/c1-16(7-10-3-5-14-17(10,25)11(8-16)15(24)28-14)23-29(26,27)13-4-2-9(6-12(13)19)18(20,21)22/h2,4,6,8,10,14-15,23-25H,3,5,7H2,1H3/t10?,14-,15?,16-,17+/m1/s1. The predicted molar refractivity (Wildman–Crippen MR) is 96.4 cm³/mol. The number of benzene rings is 1. The molecular weight excluding hydrogens is 435 g/mol. The van der Waals surface area contributed by atoms with Crippen LogP contribution < -0.4 is 4.72 Å². The van der Waals surface area contributed by atoms with E-state index >= 15 is 0 Å². The monoisotopic (exact) mass is 453 g/mol. The van der Waals surface area contributed by atoms with E-state index in [1.165, 1.54) is 6.08 Å². The molecule has 0 aromatic heterocycles. The summed E-state index contributed by atoms with van der Waals surface area (Å²) in [4.78, 5) is -0.486. The van der Waals surface area contributed by atoms with Crippen molar-refractivity contribution >= 4 is 21.6 Å². The number of ether oxygens (including phenoxy) is 1. The number of sulfonamides is 1. The van der Waals surface area contributed by atoms with Gasteiger partial charge in [0.25, 0.3) is 0 Å². The zero-order valence-electron chi connectivity index (χ0n) is 15.2. The van der Waals surface area contributed by atoms with E-state index in [-0.39, 0.29) is 17.9 Å². The first kappa shape index (κ1) is 21.1. The summed E-state index contributed by atoms with van der Waals surface area (Å²) in [6.07, 6.45) is -3.74. The highest BCUT2D eigenvalue weighted by Crippen LogP contribution is 2.55. The molecule has 6 nitrogen and oxygen atoms in total. The van der Waals surface area contributed by atoms with Gasteiger partial charge in [0, 0.05) is 11.1 Å². The number of nitrogens with one attached hydrogen (secondary N) is 1. The van der Waals surface area contributed by atoms with Crippen molar-refractivity contribution in [1.29, 1.82) is 0 Å². The van der Waals surface area contributed by atoms with Crippen LogP contribution in [0.1, 0.15) is 31.7 Å². The van der Waals surface area contributed by atoms with Crippen LogP contribution in [0.2, 0.25) is 5.02 Å². The van der Waals surface area contributed by atoms with Crippen molar-refractivity contribution in [2.75, 3.05) is 0 Å². The molecule has 2 unspecified atom stereocenters. The predicted octanol–water partition coefficient (Wildman–Crippen LogP) is 2.58. The molecule has 2 fully saturated rings. The van der Waals surface area contributed by atoms with Gasteiger partial charge in [-0.1, -0.05) is 17.7 Å². The Kier molecular flexibility index (Phi) is 4.66. The third-order valence-electron chi connectivity index (χ3n) is 5.97. The summed E-state index contributed by atoms with van der Waals surface area (Å²) in [5.41, 5.74) is -3.38. The number of hydrogen-bond donors (Lipinski definition) is 3. The van der Waals surface area contributed by atoms with Crippen LogP contribution in [-0.4, -0.2) is 42.2 Å². The second-order valence-electron chi connectivity index (χ2n) is 8.05. The maximum absolute atomic E-state index is 12.9. The molecule has 1 aliphatic heterocycles. The van der Waals surface area contributed by atoms with E-state index in [9.17, 15) is 31.8 Å². The van der Waals surface area contributed by atoms with Crippen LogP contribution in [0, 0.1) is 5.92 Å². The quantitative estimate of drug-likeness (QED) is 0.611. The molecule has 4 rings (SSSR count). The summed E-state index contributed by atoms with van der Waals surface area (Å²) < 4.78 is 72.1. The van der Waals surface area contributed by atoms with Gasteiger partial charge in [-0.05, 0) is 50.3 Å². The van der Waals surface area contributed by atoms with Gasteiger partial charge in [-0.25, -0.2) is 13.1 Å². The van der Waals surface area contributed by atoms with Gasteiger partial charge in [-0.2, -0.15) is 13.2 Å². The summed E-state index contributed by atoms with van der Waals surface area (Å²) in [7, 11) is -4.29. The minimum atomic E-state index is -4.65. The summed E-state index contributed by atoms with van der Waals surface area (Å²) in [5.74, 6) is -0.333. The molecular formula is C18H19ClF3NO5S. The van der Waals surface area contributed by atoms with Crippen LogP contribution in [0.4, 0.5) is 13.2 Å². The van der Waals surface area contributed by atoms with Gasteiger partial charge in [0.1, 0.15) is 10.5 Å². The molecule has 3 aliphatic rings. The van der Waals surface area contributed by atoms with Crippen molar-refractivity contribution in [3.63, 3.8) is 0 Å². The van der Waals surface area contributed by atoms with Crippen LogP contribution in [0.3, 0.4) is 0 Å². The Bertz CT molecular complexity index is 998. The van der Waals surface area contributed by atoms with Gasteiger partial charge < -0.3 is 14.9 Å². The highest BCUT2D eigenvalue weighted by molar-refractivity contribution is 7.89. The Morgan fingerprint density at radius 2 is 2.00 bits per heavy atom. The number of aliphatic hydroxyl groups excluding tert-OH is 1. The summed E-state index contributed by atoms with van der Waals surface area (Å²) >= 11 is 5.85. The molecule has 1 aromatic rings. The Hall–Kier alpha value is -1.17. The fraction of sp³-hybridized carbons (Fsp3) is 0.556. The van der Waals surface area contributed by atoms with Crippen molar-refractivity contribution in [2.45, 2.75) is 60.8 Å². The van der Waals surface area contributed by atoms with Crippen LogP contribution in [-0.2, 0) is 20.9 Å². The normalized spacial score (nSPS) is 36.8. The number of alkyl halides is 3. The Morgan fingerprint density at radius 3 is 2.62 bits per heavy atom. The molecule has 29 heavy (non-hydrogen) atoms. The minimum absolute atomic E-state index is 0.208. The molecule has 0 amide bonds. The first-order valence-electron chi connectivity index (χ1n) is 8.96. The van der Waals surface area contributed by atoms with Crippen LogP contribution in [0.5, 0.6) is 0 Å². The fourth-order valence-electron chi connectivity index (χ4n) is 4.76. The molecule has 1 heterocycles. The van der Waals surface area contributed by atoms with Crippen molar-refractivity contribution in [1.82, 2.24) is 4.72 Å². The SMILES string of the molecule is C[C@]1(NS(=O)(=O)c2ccc(C(F)(F)F)cc2Cl)C=C2C(O)O[C@@H]3CCC(C1)[C@]23O. The maximum Gasteiger partial charge on any atom is 0.416 e. The van der Waals surface area contributed by atoms with Gasteiger partial charge in [-0.15, -0.1) is 0 Å². The van der Waals surface area contributed by atoms with Crippen molar-refractivity contribution in [2.24, 2.45) is 5.92 Å². The molecule has 0 radical (unpaired) electrons. The molecule has 2 aliphatic carbocycles. The van der Waals surface area contributed by atoms with E-state index in [0.717, 1.165) is 6.07 Å². The first-order valence-corrected chi connectivity index (χ1v) is 10.8. The number of rotatable bonds is 3. The number of halogens is 4. The zero-order chi connectivity index (χ0) is 21.4. The average molecular weight is 454 g/mol. The molecule has 160 valence electrons. The second-order valence-corrected chi connectivity index (χ2v) is 10.1. The van der Waals surface area contributed by atoms with Gasteiger partial charge in [0.15, 0.2) is 6.29 Å². The van der Waals surface area contributed by atoms with E-state index in [1.54, 1.807) is 6.92 Å². The Morgan fingerprint density at radius 1 is 1.31 bits per heavy atom. The largest absolute Gasteiger partial charge is 0.416 e. The summed E-state index contributed by atoms with van der Waals surface area (Å²) in [6.45, 7) is 1.58. The lowest BCUT2D eigenvalue weighted by Crippen LogP contribution is -2.54. The lowest BCUT2D eigenvalue weighted by atomic mass is 9.70. The maximum atomic E-state index is 12.9. The molecule has 0 spiro atoms. The molecule has 1 aromatic carbocycles. The summed E-state index contributed by atoms with van der Waals surface area (Å²) in [6, 6.07) is 2.02. The van der Waals surface area contributed by atoms with Crippen molar-refractivity contribution < 1.29 is 36.5 Å². The molecule has 1 saturated carbocycles. The molecule has 1 saturated heterocycles. The number of hydrogen-bond acceptors (Lipinski definition) is 5. The third-order valence-corrected chi connectivity index (χ3v) is 8.07. The van der Waals surface area contributed by atoms with Gasteiger partial charge in [0.05, 0.1) is 16.7 Å². The van der Waals surface area contributed by atoms with Crippen molar-refractivity contribution in [3.05, 3.63) is 40.4 Å². The lowest BCUT2D eigenvalue weighted by molar-refractivity contribution is -0.137. The molecule has 0 bridgehead atoms. The highest BCUT2D eigenvalue weighted by Gasteiger charge is 2.62. The minimum Gasteiger partial charge on any atom is -0.382 e. The van der Waals surface area contributed by atoms with E-state index in [4.69, 9.17) is 16.3 Å². The smallest absolute Gasteiger partial charge is 0.382 e. The average Bonchev–Trinajstić information content (AvgIpc) is 3.01. The molecule has 11 heteroatoms. The van der Waals surface area contributed by atoms with Gasteiger partial charge in [0.2, 0.25) is 10.0 Å². The zero-order valence-corrected chi connectivity index (χ0v) is 16.8. The van der Waals surface area contributed by atoms with Crippen molar-refractivity contribution in [3.8, 4) is 0 Å². The first-order chi connectivity index (χ1) is 13.3. The summed E-state index contributed by atoms with van der Waals surface area (Å²) in [5, 5.41) is 20.6. The topological polar surface area (TPSA) is 95.9 Å². The molecule has 5 atom stereocenters. The van der Waals surface area contributed by atoms with Crippen LogP contribution in [0.25, 0.3) is 0 Å². The van der Waals surface area contributed by atoms with E-state index in [2.05, 4.69) is 4.72 Å². The Labute approximate surface area is 170 Å². The van der Waals surface area contributed by atoms with Gasteiger partial charge in [-0.3, -0.25) is 0 Å². The van der Waals surface area contributed by atoms with Gasteiger partial charge >= 0.3 is 6.18 Å². The van der Waals surface area contributed by atoms with Crippen LogP contribution in [0.15, 0.2) is 34.7 Å². The van der Waals surface area contributed by atoms with E-state index < -0.39 is 55.2 Å². The Balaban J connectivity index is 1.68. The molecule has 3 N–H and O–H groups in total. The fourth-order valence-corrected chi connectivity index (χ4v) is 6.68. The van der Waals surface area contributed by atoms with Crippen LogP contribution >= 0.6 is 11.6 Å². The highest BCUT2D eigenvalue weighted by atomic mass is 35.5. The van der Waals surface area contributed by atoms with E-state index in [1.807, 2.05) is 0 Å².